The van der Waals surface area contributed by atoms with Crippen molar-refractivity contribution in [2.45, 2.75) is 6.61 Å². The average Bonchev–Trinajstić information content (AvgIpc) is 2.43. The summed E-state index contributed by atoms with van der Waals surface area (Å²) < 4.78 is 28.9. The summed E-state index contributed by atoms with van der Waals surface area (Å²) in [7, 11) is 0. The zero-order chi connectivity index (χ0) is 15.4. The number of para-hydroxylation sites is 2. The first-order chi connectivity index (χ1) is 9.97. The SMILES string of the molecule is O=C(Nc1ccccc1OC(F)F)c1cc(Cl)nnc1Cl. The van der Waals surface area contributed by atoms with Crippen molar-refractivity contribution >= 4 is 34.8 Å². The van der Waals surface area contributed by atoms with Gasteiger partial charge in [-0.15, -0.1) is 10.2 Å². The van der Waals surface area contributed by atoms with Crippen molar-refractivity contribution in [3.8, 4) is 5.75 Å². The van der Waals surface area contributed by atoms with Crippen LogP contribution in [0.1, 0.15) is 10.4 Å². The summed E-state index contributed by atoms with van der Waals surface area (Å²) in [4.78, 5) is 12.1. The van der Waals surface area contributed by atoms with Gasteiger partial charge < -0.3 is 10.1 Å². The number of carbonyl (C=O) groups excluding carboxylic acids is 1. The van der Waals surface area contributed by atoms with Crippen molar-refractivity contribution in [1.82, 2.24) is 10.2 Å². The summed E-state index contributed by atoms with van der Waals surface area (Å²) in [5.74, 6) is -0.854. The van der Waals surface area contributed by atoms with Crippen LogP contribution in [0.3, 0.4) is 0 Å². The molecule has 1 N–H and O–H groups in total. The van der Waals surface area contributed by atoms with E-state index < -0.39 is 12.5 Å². The van der Waals surface area contributed by atoms with Crippen molar-refractivity contribution in [3.63, 3.8) is 0 Å². The van der Waals surface area contributed by atoms with Crippen LogP contribution in [0.15, 0.2) is 30.3 Å². The highest BCUT2D eigenvalue weighted by Gasteiger charge is 2.16. The normalized spacial score (nSPS) is 10.5. The standard InChI is InChI=1S/C12H7Cl2F2N3O2/c13-9-5-6(10(14)19-18-9)11(20)17-7-3-1-2-4-8(7)21-12(15)16/h1-5,12H,(H,17,20). The Balaban J connectivity index is 2.25. The predicted molar refractivity (Wildman–Crippen MR) is 73.1 cm³/mol. The Morgan fingerprint density at radius 2 is 1.95 bits per heavy atom. The maximum absolute atomic E-state index is 12.3. The lowest BCUT2D eigenvalue weighted by Crippen LogP contribution is -2.15. The minimum Gasteiger partial charge on any atom is -0.433 e. The lowest BCUT2D eigenvalue weighted by molar-refractivity contribution is -0.0493. The predicted octanol–water partition coefficient (Wildman–Crippen LogP) is 3.64. The van der Waals surface area contributed by atoms with Crippen LogP contribution in [0.5, 0.6) is 5.75 Å². The fraction of sp³-hybridized carbons (Fsp3) is 0.0833. The summed E-state index contributed by atoms with van der Waals surface area (Å²) in [6, 6.07) is 6.95. The second kappa shape index (κ2) is 6.64. The highest BCUT2D eigenvalue weighted by Crippen LogP contribution is 2.26. The van der Waals surface area contributed by atoms with Crippen molar-refractivity contribution in [2.24, 2.45) is 0 Å². The summed E-state index contributed by atoms with van der Waals surface area (Å²) in [5.41, 5.74) is 0.0234. The molecule has 0 saturated heterocycles. The van der Waals surface area contributed by atoms with Crippen molar-refractivity contribution in [1.29, 1.82) is 0 Å². The summed E-state index contributed by atoms with van der Waals surface area (Å²) in [6.45, 7) is -3.01. The van der Waals surface area contributed by atoms with E-state index in [2.05, 4.69) is 20.3 Å². The minimum absolute atomic E-state index is 0.0262. The molecular weight excluding hydrogens is 327 g/mol. The van der Waals surface area contributed by atoms with E-state index >= 15 is 0 Å². The van der Waals surface area contributed by atoms with Crippen LogP contribution in [0.25, 0.3) is 0 Å². The van der Waals surface area contributed by atoms with Gasteiger partial charge in [-0.3, -0.25) is 4.79 Å². The van der Waals surface area contributed by atoms with E-state index in [1.807, 2.05) is 0 Å². The molecule has 5 nitrogen and oxygen atoms in total. The molecule has 0 aliphatic rings. The molecular formula is C12H7Cl2F2N3O2. The lowest BCUT2D eigenvalue weighted by Gasteiger charge is -2.11. The van der Waals surface area contributed by atoms with Crippen LogP contribution in [0.2, 0.25) is 10.3 Å². The zero-order valence-corrected chi connectivity index (χ0v) is 11.7. The van der Waals surface area contributed by atoms with Crippen molar-refractivity contribution in [3.05, 3.63) is 46.2 Å². The zero-order valence-electron chi connectivity index (χ0n) is 10.2. The number of ether oxygens (including phenoxy) is 1. The summed E-state index contributed by atoms with van der Waals surface area (Å²) in [6.07, 6.45) is 0. The van der Waals surface area contributed by atoms with Crippen LogP contribution >= 0.6 is 23.2 Å². The van der Waals surface area contributed by atoms with Gasteiger partial charge in [0.05, 0.1) is 11.3 Å². The third-order valence-corrected chi connectivity index (χ3v) is 2.78. The fourth-order valence-electron chi connectivity index (χ4n) is 1.47. The summed E-state index contributed by atoms with van der Waals surface area (Å²) >= 11 is 11.4. The molecule has 0 atom stereocenters. The Morgan fingerprint density at radius 1 is 1.24 bits per heavy atom. The molecule has 2 aromatic rings. The van der Waals surface area contributed by atoms with Gasteiger partial charge >= 0.3 is 6.61 Å². The Kier molecular flexibility index (Phi) is 4.87. The topological polar surface area (TPSA) is 64.1 Å². The van der Waals surface area contributed by atoms with E-state index in [1.165, 1.54) is 24.3 Å². The van der Waals surface area contributed by atoms with Gasteiger partial charge in [0.25, 0.3) is 5.91 Å². The molecule has 1 aromatic carbocycles. The molecule has 21 heavy (non-hydrogen) atoms. The van der Waals surface area contributed by atoms with Gasteiger partial charge in [-0.05, 0) is 18.2 Å². The summed E-state index contributed by atoms with van der Waals surface area (Å²) in [5, 5.41) is 9.15. The maximum Gasteiger partial charge on any atom is 0.387 e. The highest BCUT2D eigenvalue weighted by atomic mass is 35.5. The molecule has 1 amide bonds. The molecule has 0 saturated carbocycles. The third-order valence-electron chi connectivity index (χ3n) is 2.31. The Bertz CT molecular complexity index is 671. The largest absolute Gasteiger partial charge is 0.433 e. The Labute approximate surface area is 127 Å². The van der Waals surface area contributed by atoms with Crippen LogP contribution in [-0.4, -0.2) is 22.7 Å². The van der Waals surface area contributed by atoms with E-state index in [9.17, 15) is 13.6 Å². The van der Waals surface area contributed by atoms with Gasteiger partial charge in [0, 0.05) is 0 Å². The van der Waals surface area contributed by atoms with E-state index in [0.717, 1.165) is 0 Å². The number of carbonyl (C=O) groups is 1. The van der Waals surface area contributed by atoms with Crippen molar-refractivity contribution in [2.75, 3.05) is 5.32 Å². The number of nitrogens with one attached hydrogen (secondary N) is 1. The Hall–Kier alpha value is -1.99. The molecule has 1 heterocycles. The molecule has 0 unspecified atom stereocenters. The molecule has 0 spiro atoms. The monoisotopic (exact) mass is 333 g/mol. The molecule has 2 rings (SSSR count). The first-order valence-corrected chi connectivity index (χ1v) is 6.27. The number of hydrogen-bond acceptors (Lipinski definition) is 4. The van der Waals surface area contributed by atoms with Gasteiger partial charge in [0.15, 0.2) is 10.3 Å². The number of benzene rings is 1. The molecule has 0 bridgehead atoms. The number of halogens is 4. The van der Waals surface area contributed by atoms with E-state index in [-0.39, 0.29) is 27.3 Å². The third kappa shape index (κ3) is 3.99. The Morgan fingerprint density at radius 3 is 2.67 bits per heavy atom. The van der Waals surface area contributed by atoms with E-state index in [1.54, 1.807) is 6.07 Å². The highest BCUT2D eigenvalue weighted by molar-refractivity contribution is 6.34. The number of rotatable bonds is 4. The fourth-order valence-corrected chi connectivity index (χ4v) is 1.80. The van der Waals surface area contributed by atoms with Gasteiger partial charge in [-0.1, -0.05) is 35.3 Å². The smallest absolute Gasteiger partial charge is 0.387 e. The first-order valence-electron chi connectivity index (χ1n) is 5.51. The van der Waals surface area contributed by atoms with Crippen LogP contribution in [0.4, 0.5) is 14.5 Å². The molecule has 0 fully saturated rings. The van der Waals surface area contributed by atoms with Crippen LogP contribution < -0.4 is 10.1 Å². The number of amides is 1. The second-order valence-corrected chi connectivity index (χ2v) is 4.45. The number of anilines is 1. The molecule has 0 aliphatic heterocycles. The molecule has 0 radical (unpaired) electrons. The second-order valence-electron chi connectivity index (χ2n) is 3.70. The maximum atomic E-state index is 12.3. The van der Waals surface area contributed by atoms with Crippen LogP contribution in [0, 0.1) is 0 Å². The van der Waals surface area contributed by atoms with Crippen LogP contribution in [-0.2, 0) is 0 Å². The first kappa shape index (κ1) is 15.4. The number of nitrogens with zero attached hydrogens (tertiary/aromatic N) is 2. The number of alkyl halides is 2. The average molecular weight is 334 g/mol. The van der Waals surface area contributed by atoms with Gasteiger partial charge in [0.2, 0.25) is 0 Å². The molecule has 1 aromatic heterocycles. The van der Waals surface area contributed by atoms with E-state index in [4.69, 9.17) is 23.2 Å². The van der Waals surface area contributed by atoms with Gasteiger partial charge in [0.1, 0.15) is 5.75 Å². The molecule has 0 aliphatic carbocycles. The lowest BCUT2D eigenvalue weighted by atomic mass is 10.2. The van der Waals surface area contributed by atoms with Gasteiger partial charge in [-0.2, -0.15) is 8.78 Å². The van der Waals surface area contributed by atoms with Crippen molar-refractivity contribution < 1.29 is 18.3 Å². The quantitative estimate of drug-likeness (QED) is 0.927. The van der Waals surface area contributed by atoms with Gasteiger partial charge in [-0.25, -0.2) is 0 Å². The van der Waals surface area contributed by atoms with E-state index in [0.29, 0.717) is 0 Å². The molecule has 9 heteroatoms. The minimum atomic E-state index is -3.01. The molecule has 110 valence electrons. The number of aromatic nitrogens is 2. The number of hydrogen-bond donors (Lipinski definition) is 1.